The predicted molar refractivity (Wildman–Crippen MR) is 81.0 cm³/mol. The first-order valence-electron chi connectivity index (χ1n) is 6.64. The summed E-state index contributed by atoms with van der Waals surface area (Å²) >= 11 is 0. The third-order valence-electron chi connectivity index (χ3n) is 3.18. The number of hydrogen-bond acceptors (Lipinski definition) is 4. The Balaban J connectivity index is 1.85. The number of hydrogen-bond donors (Lipinski definition) is 2. The highest BCUT2D eigenvalue weighted by molar-refractivity contribution is 6.08. The first-order valence-corrected chi connectivity index (χ1v) is 6.64. The van der Waals surface area contributed by atoms with Gasteiger partial charge in [-0.15, -0.1) is 0 Å². The van der Waals surface area contributed by atoms with Gasteiger partial charge in [0.15, 0.2) is 0 Å². The van der Waals surface area contributed by atoms with Crippen molar-refractivity contribution < 1.29 is 4.79 Å². The molecule has 0 aliphatic carbocycles. The standard InChI is InChI=1S/C15H15N5O/c16-5-7-20-9-14(18-10-20)15(21)19-13-3-1-2-11-8-17-6-4-12(11)13/h1-4,6,8-10H,5,7,16H2,(H,19,21). The Hall–Kier alpha value is -2.73. The number of benzene rings is 1. The number of rotatable bonds is 4. The number of amides is 1. The van der Waals surface area contributed by atoms with E-state index in [9.17, 15) is 4.79 Å². The summed E-state index contributed by atoms with van der Waals surface area (Å²) in [5.74, 6) is -0.241. The number of carbonyl (C=O) groups is 1. The normalized spacial score (nSPS) is 10.7. The molecule has 0 saturated heterocycles. The SMILES string of the molecule is NCCn1cnc(C(=O)Nc2cccc3cnccc23)c1. The first-order chi connectivity index (χ1) is 10.3. The van der Waals surface area contributed by atoms with Crippen molar-refractivity contribution in [2.45, 2.75) is 6.54 Å². The molecule has 21 heavy (non-hydrogen) atoms. The van der Waals surface area contributed by atoms with Crippen molar-refractivity contribution in [3.05, 3.63) is 54.9 Å². The van der Waals surface area contributed by atoms with Crippen LogP contribution in [0.4, 0.5) is 5.69 Å². The van der Waals surface area contributed by atoms with Crippen molar-refractivity contribution in [1.29, 1.82) is 0 Å². The van der Waals surface area contributed by atoms with Crippen molar-refractivity contribution in [2.24, 2.45) is 5.73 Å². The number of fused-ring (bicyclic) bond motifs is 1. The third kappa shape index (κ3) is 2.75. The van der Waals surface area contributed by atoms with Crippen LogP contribution in [0.2, 0.25) is 0 Å². The Morgan fingerprint density at radius 2 is 2.24 bits per heavy atom. The minimum absolute atomic E-state index is 0.241. The van der Waals surface area contributed by atoms with E-state index in [1.54, 1.807) is 29.5 Å². The molecule has 0 radical (unpaired) electrons. The van der Waals surface area contributed by atoms with E-state index in [-0.39, 0.29) is 5.91 Å². The Bertz CT molecular complexity index is 775. The van der Waals surface area contributed by atoms with Crippen LogP contribution in [-0.4, -0.2) is 27.0 Å². The largest absolute Gasteiger partial charge is 0.335 e. The van der Waals surface area contributed by atoms with Gasteiger partial charge in [-0.25, -0.2) is 4.98 Å². The molecule has 3 rings (SSSR count). The molecule has 0 fully saturated rings. The average Bonchev–Trinajstić information content (AvgIpc) is 2.97. The van der Waals surface area contributed by atoms with Crippen LogP contribution < -0.4 is 11.1 Å². The minimum atomic E-state index is -0.241. The zero-order valence-corrected chi connectivity index (χ0v) is 11.4. The van der Waals surface area contributed by atoms with E-state index in [4.69, 9.17) is 5.73 Å². The maximum Gasteiger partial charge on any atom is 0.275 e. The topological polar surface area (TPSA) is 85.8 Å². The van der Waals surface area contributed by atoms with Gasteiger partial charge in [-0.3, -0.25) is 9.78 Å². The Morgan fingerprint density at radius 1 is 1.33 bits per heavy atom. The third-order valence-corrected chi connectivity index (χ3v) is 3.18. The molecule has 3 aromatic rings. The molecule has 0 unspecified atom stereocenters. The molecule has 1 aromatic carbocycles. The lowest BCUT2D eigenvalue weighted by Crippen LogP contribution is -2.13. The van der Waals surface area contributed by atoms with Gasteiger partial charge < -0.3 is 15.6 Å². The van der Waals surface area contributed by atoms with Crippen LogP contribution in [0.1, 0.15) is 10.5 Å². The second kappa shape index (κ2) is 5.72. The van der Waals surface area contributed by atoms with E-state index in [1.165, 1.54) is 0 Å². The van der Waals surface area contributed by atoms with E-state index >= 15 is 0 Å². The minimum Gasteiger partial charge on any atom is -0.335 e. The summed E-state index contributed by atoms with van der Waals surface area (Å²) in [6.45, 7) is 1.15. The molecule has 3 N–H and O–H groups in total. The van der Waals surface area contributed by atoms with Crippen molar-refractivity contribution in [2.75, 3.05) is 11.9 Å². The fourth-order valence-corrected chi connectivity index (χ4v) is 2.17. The van der Waals surface area contributed by atoms with Crippen LogP contribution in [0.5, 0.6) is 0 Å². The molecule has 0 aliphatic heterocycles. The van der Waals surface area contributed by atoms with Gasteiger partial charge >= 0.3 is 0 Å². The van der Waals surface area contributed by atoms with Crippen molar-refractivity contribution in [1.82, 2.24) is 14.5 Å². The number of anilines is 1. The zero-order chi connectivity index (χ0) is 14.7. The highest BCUT2D eigenvalue weighted by atomic mass is 16.1. The summed E-state index contributed by atoms with van der Waals surface area (Å²) in [5, 5.41) is 4.81. The van der Waals surface area contributed by atoms with Crippen molar-refractivity contribution in [3.63, 3.8) is 0 Å². The van der Waals surface area contributed by atoms with Gasteiger partial charge in [0, 0.05) is 48.1 Å². The van der Waals surface area contributed by atoms with Crippen LogP contribution in [-0.2, 0) is 6.54 Å². The summed E-state index contributed by atoms with van der Waals surface area (Å²) in [7, 11) is 0. The first kappa shape index (κ1) is 13.3. The van der Waals surface area contributed by atoms with Crippen LogP contribution in [0.25, 0.3) is 10.8 Å². The molecule has 2 aromatic heterocycles. The molecule has 6 nitrogen and oxygen atoms in total. The number of nitrogens with zero attached hydrogens (tertiary/aromatic N) is 3. The highest BCUT2D eigenvalue weighted by Crippen LogP contribution is 2.22. The van der Waals surface area contributed by atoms with Crippen LogP contribution in [0.3, 0.4) is 0 Å². The van der Waals surface area contributed by atoms with Crippen LogP contribution in [0, 0.1) is 0 Å². The van der Waals surface area contributed by atoms with E-state index in [1.807, 2.05) is 24.3 Å². The van der Waals surface area contributed by atoms with Crippen LogP contribution in [0.15, 0.2) is 49.2 Å². The maximum atomic E-state index is 12.2. The van der Waals surface area contributed by atoms with Gasteiger partial charge in [-0.2, -0.15) is 0 Å². The van der Waals surface area contributed by atoms with E-state index in [0.717, 1.165) is 16.5 Å². The monoisotopic (exact) mass is 281 g/mol. The maximum absolute atomic E-state index is 12.2. The Morgan fingerprint density at radius 3 is 3.10 bits per heavy atom. The molecule has 0 spiro atoms. The van der Waals surface area contributed by atoms with Gasteiger partial charge in [0.25, 0.3) is 5.91 Å². The lowest BCUT2D eigenvalue weighted by atomic mass is 10.1. The van der Waals surface area contributed by atoms with Crippen molar-refractivity contribution in [3.8, 4) is 0 Å². The lowest BCUT2D eigenvalue weighted by Gasteiger charge is -2.07. The number of carbonyl (C=O) groups excluding carboxylic acids is 1. The highest BCUT2D eigenvalue weighted by Gasteiger charge is 2.11. The van der Waals surface area contributed by atoms with Gasteiger partial charge in [0.2, 0.25) is 0 Å². The van der Waals surface area contributed by atoms with Gasteiger partial charge in [0.1, 0.15) is 5.69 Å². The van der Waals surface area contributed by atoms with E-state index in [0.29, 0.717) is 18.8 Å². The predicted octanol–water partition coefficient (Wildman–Crippen LogP) is 1.64. The smallest absolute Gasteiger partial charge is 0.275 e. The second-order valence-electron chi connectivity index (χ2n) is 4.64. The fraction of sp³-hybridized carbons (Fsp3) is 0.133. The van der Waals surface area contributed by atoms with Gasteiger partial charge in [-0.1, -0.05) is 12.1 Å². The molecule has 0 saturated carbocycles. The van der Waals surface area contributed by atoms with Gasteiger partial charge in [0.05, 0.1) is 6.33 Å². The molecule has 6 heteroatoms. The fourth-order valence-electron chi connectivity index (χ4n) is 2.17. The zero-order valence-electron chi connectivity index (χ0n) is 11.4. The molecule has 0 bridgehead atoms. The number of nitrogens with two attached hydrogens (primary N) is 1. The second-order valence-corrected chi connectivity index (χ2v) is 4.64. The summed E-state index contributed by atoms with van der Waals surface area (Å²) in [5.41, 5.74) is 6.59. The van der Waals surface area contributed by atoms with E-state index < -0.39 is 0 Å². The summed E-state index contributed by atoms with van der Waals surface area (Å²) in [4.78, 5) is 20.4. The molecule has 0 atom stereocenters. The quantitative estimate of drug-likeness (QED) is 0.761. The van der Waals surface area contributed by atoms with Crippen molar-refractivity contribution >= 4 is 22.4 Å². The Kier molecular flexibility index (Phi) is 3.61. The van der Waals surface area contributed by atoms with Gasteiger partial charge in [-0.05, 0) is 12.1 Å². The molecule has 2 heterocycles. The van der Waals surface area contributed by atoms with Crippen LogP contribution >= 0.6 is 0 Å². The number of imidazole rings is 1. The number of aromatic nitrogens is 3. The molecule has 106 valence electrons. The molecule has 1 amide bonds. The number of nitrogens with one attached hydrogen (secondary N) is 1. The summed E-state index contributed by atoms with van der Waals surface area (Å²) in [6, 6.07) is 7.57. The summed E-state index contributed by atoms with van der Waals surface area (Å²) in [6.07, 6.45) is 6.76. The molecular weight excluding hydrogens is 266 g/mol. The average molecular weight is 281 g/mol. The molecular formula is C15H15N5O. The molecule has 0 aliphatic rings. The van der Waals surface area contributed by atoms with E-state index in [2.05, 4.69) is 15.3 Å². The number of pyridine rings is 1. The summed E-state index contributed by atoms with van der Waals surface area (Å²) < 4.78 is 1.79. The Labute approximate surface area is 121 Å². The lowest BCUT2D eigenvalue weighted by molar-refractivity contribution is 0.102.